The summed E-state index contributed by atoms with van der Waals surface area (Å²) in [6, 6.07) is 16.9. The van der Waals surface area contributed by atoms with Crippen molar-refractivity contribution in [3.05, 3.63) is 110 Å². The molecule has 1 atom stereocenters. The lowest BCUT2D eigenvalue weighted by Crippen LogP contribution is -2.39. The quantitative estimate of drug-likeness (QED) is 0.427. The molecule has 0 bridgehead atoms. The second-order valence-electron chi connectivity index (χ2n) is 6.56. The third-order valence-corrected chi connectivity index (χ3v) is 4.80. The lowest BCUT2D eigenvalue weighted by Gasteiger charge is -2.21. The van der Waals surface area contributed by atoms with Crippen LogP contribution < -0.4 is 10.6 Å². The summed E-state index contributed by atoms with van der Waals surface area (Å²) in [6.45, 7) is -0.355. The van der Waals surface area contributed by atoms with Crippen LogP contribution in [-0.2, 0) is 4.79 Å². The minimum atomic E-state index is -0.774. The number of benzene rings is 3. The summed E-state index contributed by atoms with van der Waals surface area (Å²) in [5.41, 5.74) is 1.04. The van der Waals surface area contributed by atoms with Crippen LogP contribution in [-0.4, -0.2) is 23.3 Å². The van der Waals surface area contributed by atoms with E-state index in [0.29, 0.717) is 11.1 Å². The number of nitro groups is 1. The highest BCUT2D eigenvalue weighted by atomic mass is 35.5. The van der Waals surface area contributed by atoms with E-state index in [1.807, 2.05) is 0 Å². The van der Waals surface area contributed by atoms with Gasteiger partial charge in [0.05, 0.1) is 17.5 Å². The van der Waals surface area contributed by atoms with Crippen LogP contribution in [0.3, 0.4) is 0 Å². The molecular formula is C22H17ClFN3O4. The van der Waals surface area contributed by atoms with E-state index < -0.39 is 28.6 Å². The molecule has 3 aromatic rings. The Bertz CT molecular complexity index is 1110. The Kier molecular flexibility index (Phi) is 6.94. The summed E-state index contributed by atoms with van der Waals surface area (Å²) in [5, 5.41) is 16.6. The second kappa shape index (κ2) is 9.82. The van der Waals surface area contributed by atoms with Gasteiger partial charge in [-0.3, -0.25) is 19.7 Å². The summed E-state index contributed by atoms with van der Waals surface area (Å²) < 4.78 is 13.0. The highest BCUT2D eigenvalue weighted by molar-refractivity contribution is 6.31. The van der Waals surface area contributed by atoms with Crippen LogP contribution in [0.5, 0.6) is 0 Å². The van der Waals surface area contributed by atoms with E-state index in [1.54, 1.807) is 30.3 Å². The maximum atomic E-state index is 13.0. The predicted octanol–water partition coefficient (Wildman–Crippen LogP) is 4.02. The van der Waals surface area contributed by atoms with Gasteiger partial charge >= 0.3 is 0 Å². The van der Waals surface area contributed by atoms with Gasteiger partial charge in [-0.2, -0.15) is 0 Å². The van der Waals surface area contributed by atoms with Crippen molar-refractivity contribution < 1.29 is 18.9 Å². The van der Waals surface area contributed by atoms with E-state index in [2.05, 4.69) is 10.6 Å². The molecule has 2 N–H and O–H groups in total. The summed E-state index contributed by atoms with van der Waals surface area (Å²) in [7, 11) is 0. The van der Waals surface area contributed by atoms with Crippen molar-refractivity contribution >= 4 is 29.1 Å². The van der Waals surface area contributed by atoms with Crippen molar-refractivity contribution in [2.75, 3.05) is 6.54 Å². The number of non-ortho nitro benzene ring substituents is 1. The van der Waals surface area contributed by atoms with Gasteiger partial charge in [0.25, 0.3) is 11.6 Å². The number of halogens is 2. The largest absolute Gasteiger partial charge is 0.344 e. The number of hydrogen-bond donors (Lipinski definition) is 2. The van der Waals surface area contributed by atoms with Crippen LogP contribution in [0.2, 0.25) is 5.02 Å². The molecular weight excluding hydrogens is 425 g/mol. The molecule has 3 rings (SSSR count). The molecule has 158 valence electrons. The fraction of sp³-hybridized carbons (Fsp3) is 0.0909. The Labute approximate surface area is 182 Å². The zero-order valence-corrected chi connectivity index (χ0v) is 16.8. The molecule has 0 aliphatic carbocycles. The van der Waals surface area contributed by atoms with Crippen molar-refractivity contribution in [3.63, 3.8) is 0 Å². The van der Waals surface area contributed by atoms with Gasteiger partial charge in [-0.1, -0.05) is 41.9 Å². The van der Waals surface area contributed by atoms with Gasteiger partial charge in [0, 0.05) is 28.3 Å². The highest BCUT2D eigenvalue weighted by Gasteiger charge is 2.22. The lowest BCUT2D eigenvalue weighted by molar-refractivity contribution is -0.384. The topological polar surface area (TPSA) is 101 Å². The van der Waals surface area contributed by atoms with Crippen LogP contribution in [0.25, 0.3) is 0 Å². The molecule has 0 aliphatic heterocycles. The zero-order chi connectivity index (χ0) is 22.4. The monoisotopic (exact) mass is 441 g/mol. The first-order valence-electron chi connectivity index (χ1n) is 9.17. The van der Waals surface area contributed by atoms with E-state index in [1.165, 1.54) is 30.3 Å². The van der Waals surface area contributed by atoms with Crippen molar-refractivity contribution in [1.29, 1.82) is 0 Å². The molecule has 2 amide bonds. The Hall–Kier alpha value is -3.78. The Morgan fingerprint density at radius 3 is 2.35 bits per heavy atom. The van der Waals surface area contributed by atoms with Gasteiger partial charge in [-0.05, 0) is 35.9 Å². The number of nitrogens with zero attached hydrogens (tertiary/aromatic N) is 1. The Morgan fingerprint density at radius 2 is 1.71 bits per heavy atom. The predicted molar refractivity (Wildman–Crippen MR) is 113 cm³/mol. The van der Waals surface area contributed by atoms with Crippen LogP contribution in [0.15, 0.2) is 72.8 Å². The standard InChI is InChI=1S/C22H17ClFN3O4/c23-19-11-10-17(27(30)31)12-18(19)21(14-4-2-1-3-5-14)26-20(28)13-25-22(29)15-6-8-16(24)9-7-15/h1-12,21H,13H2,(H,25,29)(H,26,28). The lowest BCUT2D eigenvalue weighted by atomic mass is 9.98. The second-order valence-corrected chi connectivity index (χ2v) is 6.97. The molecule has 3 aromatic carbocycles. The van der Waals surface area contributed by atoms with Gasteiger partial charge in [-0.25, -0.2) is 4.39 Å². The average Bonchev–Trinajstić information content (AvgIpc) is 2.77. The van der Waals surface area contributed by atoms with E-state index in [-0.39, 0.29) is 22.8 Å². The van der Waals surface area contributed by atoms with E-state index in [0.717, 1.165) is 12.1 Å². The number of rotatable bonds is 7. The minimum Gasteiger partial charge on any atom is -0.344 e. The van der Waals surface area contributed by atoms with Crippen molar-refractivity contribution in [2.24, 2.45) is 0 Å². The first-order valence-corrected chi connectivity index (χ1v) is 9.55. The molecule has 1 unspecified atom stereocenters. The average molecular weight is 442 g/mol. The number of amides is 2. The molecule has 9 heteroatoms. The van der Waals surface area contributed by atoms with Gasteiger partial charge < -0.3 is 10.6 Å². The van der Waals surface area contributed by atoms with Crippen LogP contribution >= 0.6 is 11.6 Å². The fourth-order valence-electron chi connectivity index (χ4n) is 2.93. The SMILES string of the molecule is O=C(CNC(=O)c1ccc(F)cc1)NC(c1ccccc1)c1cc([N+](=O)[O-])ccc1Cl. The van der Waals surface area contributed by atoms with E-state index in [4.69, 9.17) is 11.6 Å². The van der Waals surface area contributed by atoms with Crippen LogP contribution in [0.4, 0.5) is 10.1 Å². The van der Waals surface area contributed by atoms with Crippen LogP contribution in [0, 0.1) is 15.9 Å². The Morgan fingerprint density at radius 1 is 1.03 bits per heavy atom. The van der Waals surface area contributed by atoms with Crippen molar-refractivity contribution in [1.82, 2.24) is 10.6 Å². The summed E-state index contributed by atoms with van der Waals surface area (Å²) in [4.78, 5) is 35.3. The molecule has 0 aromatic heterocycles. The molecule has 0 fully saturated rings. The van der Waals surface area contributed by atoms with Crippen molar-refractivity contribution in [3.8, 4) is 0 Å². The molecule has 0 saturated heterocycles. The normalized spacial score (nSPS) is 11.4. The minimum absolute atomic E-state index is 0.167. The highest BCUT2D eigenvalue weighted by Crippen LogP contribution is 2.31. The number of carbonyl (C=O) groups is 2. The van der Waals surface area contributed by atoms with Gasteiger partial charge in [-0.15, -0.1) is 0 Å². The number of nitrogens with one attached hydrogen (secondary N) is 2. The Balaban J connectivity index is 1.79. The third-order valence-electron chi connectivity index (χ3n) is 4.46. The molecule has 0 heterocycles. The molecule has 7 nitrogen and oxygen atoms in total. The van der Waals surface area contributed by atoms with Crippen LogP contribution in [0.1, 0.15) is 27.5 Å². The molecule has 0 radical (unpaired) electrons. The molecule has 0 saturated carbocycles. The first kappa shape index (κ1) is 21.9. The number of hydrogen-bond acceptors (Lipinski definition) is 4. The summed E-state index contributed by atoms with van der Waals surface area (Å²) in [5.74, 6) is -1.56. The maximum absolute atomic E-state index is 13.0. The van der Waals surface area contributed by atoms with E-state index >= 15 is 0 Å². The summed E-state index contributed by atoms with van der Waals surface area (Å²) in [6.07, 6.45) is 0. The smallest absolute Gasteiger partial charge is 0.269 e. The molecule has 0 spiro atoms. The third kappa shape index (κ3) is 5.64. The fourth-order valence-corrected chi connectivity index (χ4v) is 3.15. The van der Waals surface area contributed by atoms with Gasteiger partial charge in [0.1, 0.15) is 5.82 Å². The first-order chi connectivity index (χ1) is 14.8. The van der Waals surface area contributed by atoms with Crippen molar-refractivity contribution in [2.45, 2.75) is 6.04 Å². The summed E-state index contributed by atoms with van der Waals surface area (Å²) >= 11 is 6.28. The number of nitro benzene ring substituents is 1. The molecule has 0 aliphatic rings. The zero-order valence-electron chi connectivity index (χ0n) is 16.0. The van der Waals surface area contributed by atoms with E-state index in [9.17, 15) is 24.1 Å². The van der Waals surface area contributed by atoms with Gasteiger partial charge in [0.2, 0.25) is 5.91 Å². The molecule has 31 heavy (non-hydrogen) atoms. The maximum Gasteiger partial charge on any atom is 0.269 e. The number of carbonyl (C=O) groups excluding carboxylic acids is 2. The van der Waals surface area contributed by atoms with Gasteiger partial charge in [0.15, 0.2) is 0 Å².